The predicted octanol–water partition coefficient (Wildman–Crippen LogP) is 1.71. The number of carbonyl (C=O) groups excluding carboxylic acids is 1. The van der Waals surface area contributed by atoms with Crippen LogP contribution in [0.4, 0.5) is 0 Å². The van der Waals surface area contributed by atoms with Crippen LogP contribution >= 0.6 is 0 Å². The number of methoxy groups -OCH3 is 1. The summed E-state index contributed by atoms with van der Waals surface area (Å²) in [7, 11) is 1.63. The van der Waals surface area contributed by atoms with E-state index < -0.39 is 0 Å². The van der Waals surface area contributed by atoms with Gasteiger partial charge in [0, 0.05) is 13.5 Å². The van der Waals surface area contributed by atoms with E-state index >= 15 is 0 Å². The van der Waals surface area contributed by atoms with Gasteiger partial charge in [0.2, 0.25) is 0 Å². The number of Topliss-reactive ketones (excluding diaryl/α,β-unsaturated/α-hetero) is 1. The van der Waals surface area contributed by atoms with Crippen LogP contribution in [-0.4, -0.2) is 44.4 Å². The SMILES string of the molecule is COCCOC1C(=O)CC1OC1CCCCC1. The molecule has 4 heteroatoms. The van der Waals surface area contributed by atoms with Crippen LogP contribution in [0, 0.1) is 0 Å². The predicted molar refractivity (Wildman–Crippen MR) is 63.0 cm³/mol. The van der Waals surface area contributed by atoms with Crippen molar-refractivity contribution in [1.29, 1.82) is 0 Å². The Morgan fingerprint density at radius 1 is 1.18 bits per heavy atom. The number of rotatable bonds is 6. The van der Waals surface area contributed by atoms with Crippen molar-refractivity contribution in [2.45, 2.75) is 56.8 Å². The van der Waals surface area contributed by atoms with E-state index in [1.165, 1.54) is 19.3 Å². The van der Waals surface area contributed by atoms with Crippen LogP contribution in [0.5, 0.6) is 0 Å². The van der Waals surface area contributed by atoms with Gasteiger partial charge >= 0.3 is 0 Å². The third kappa shape index (κ3) is 3.50. The van der Waals surface area contributed by atoms with Crippen molar-refractivity contribution in [1.82, 2.24) is 0 Å². The fourth-order valence-electron chi connectivity index (χ4n) is 2.49. The maximum Gasteiger partial charge on any atom is 0.166 e. The molecule has 0 aliphatic heterocycles. The molecule has 2 fully saturated rings. The van der Waals surface area contributed by atoms with Gasteiger partial charge in [0.1, 0.15) is 6.10 Å². The second-order valence-corrected chi connectivity index (χ2v) is 4.89. The van der Waals surface area contributed by atoms with Gasteiger partial charge < -0.3 is 14.2 Å². The molecule has 4 nitrogen and oxygen atoms in total. The number of ether oxygens (including phenoxy) is 3. The summed E-state index contributed by atoms with van der Waals surface area (Å²) in [5, 5.41) is 0. The summed E-state index contributed by atoms with van der Waals surface area (Å²) in [5.41, 5.74) is 0. The van der Waals surface area contributed by atoms with Crippen molar-refractivity contribution in [3.63, 3.8) is 0 Å². The average Bonchev–Trinajstić information content (AvgIpc) is 2.35. The molecule has 0 aromatic carbocycles. The molecule has 2 saturated carbocycles. The first-order valence-electron chi connectivity index (χ1n) is 6.60. The van der Waals surface area contributed by atoms with Crippen molar-refractivity contribution >= 4 is 5.78 Å². The minimum absolute atomic E-state index is 0.0116. The lowest BCUT2D eigenvalue weighted by atomic mass is 9.89. The summed E-state index contributed by atoms with van der Waals surface area (Å²) in [5.74, 6) is 0.168. The Labute approximate surface area is 103 Å². The van der Waals surface area contributed by atoms with Crippen molar-refractivity contribution in [3.8, 4) is 0 Å². The lowest BCUT2D eigenvalue weighted by molar-refractivity contribution is -0.177. The highest BCUT2D eigenvalue weighted by Gasteiger charge is 2.42. The summed E-state index contributed by atoms with van der Waals surface area (Å²) < 4.78 is 16.3. The van der Waals surface area contributed by atoms with E-state index in [2.05, 4.69) is 0 Å². The molecule has 0 aromatic heterocycles. The summed E-state index contributed by atoms with van der Waals surface area (Å²) in [6.07, 6.45) is 6.60. The highest BCUT2D eigenvalue weighted by molar-refractivity contribution is 5.90. The van der Waals surface area contributed by atoms with E-state index in [4.69, 9.17) is 14.2 Å². The Hall–Kier alpha value is -0.450. The minimum Gasteiger partial charge on any atom is -0.382 e. The first kappa shape index (κ1) is 13.0. The lowest BCUT2D eigenvalue weighted by Gasteiger charge is -2.37. The molecule has 17 heavy (non-hydrogen) atoms. The van der Waals surface area contributed by atoms with Gasteiger partial charge in [-0.1, -0.05) is 19.3 Å². The standard InChI is InChI=1S/C13H22O4/c1-15-7-8-16-13-11(14)9-12(13)17-10-5-3-2-4-6-10/h10,12-13H,2-9H2,1H3. The fraction of sp³-hybridized carbons (Fsp3) is 0.923. The zero-order valence-electron chi connectivity index (χ0n) is 10.5. The normalized spacial score (nSPS) is 30.3. The van der Waals surface area contributed by atoms with Crippen LogP contribution in [-0.2, 0) is 19.0 Å². The van der Waals surface area contributed by atoms with E-state index in [-0.39, 0.29) is 18.0 Å². The summed E-state index contributed by atoms with van der Waals surface area (Å²) >= 11 is 0. The quantitative estimate of drug-likeness (QED) is 0.665. The smallest absolute Gasteiger partial charge is 0.166 e. The molecule has 0 aromatic rings. The van der Waals surface area contributed by atoms with E-state index in [9.17, 15) is 4.79 Å². The highest BCUT2D eigenvalue weighted by Crippen LogP contribution is 2.29. The zero-order chi connectivity index (χ0) is 12.1. The van der Waals surface area contributed by atoms with Gasteiger partial charge in [0.15, 0.2) is 5.78 Å². The molecule has 0 spiro atoms. The van der Waals surface area contributed by atoms with Gasteiger partial charge in [-0.2, -0.15) is 0 Å². The van der Waals surface area contributed by atoms with Gasteiger partial charge in [-0.3, -0.25) is 4.79 Å². The van der Waals surface area contributed by atoms with Gasteiger partial charge in [0.25, 0.3) is 0 Å². The van der Waals surface area contributed by atoms with Crippen LogP contribution in [0.1, 0.15) is 38.5 Å². The number of hydrogen-bond donors (Lipinski definition) is 0. The Morgan fingerprint density at radius 3 is 2.59 bits per heavy atom. The van der Waals surface area contributed by atoms with Crippen LogP contribution < -0.4 is 0 Å². The molecule has 0 bridgehead atoms. The minimum atomic E-state index is -0.341. The van der Waals surface area contributed by atoms with Crippen molar-refractivity contribution in [2.75, 3.05) is 20.3 Å². The molecular weight excluding hydrogens is 220 g/mol. The second-order valence-electron chi connectivity index (χ2n) is 4.89. The van der Waals surface area contributed by atoms with Crippen molar-refractivity contribution in [2.24, 2.45) is 0 Å². The largest absolute Gasteiger partial charge is 0.382 e. The van der Waals surface area contributed by atoms with E-state index in [0.29, 0.717) is 25.7 Å². The first-order chi connectivity index (χ1) is 8.31. The molecule has 0 radical (unpaired) electrons. The maximum absolute atomic E-state index is 11.4. The number of carbonyl (C=O) groups is 1. The Kier molecular flexibility index (Phi) is 4.95. The van der Waals surface area contributed by atoms with Crippen LogP contribution in [0.3, 0.4) is 0 Å². The molecule has 2 rings (SSSR count). The molecule has 2 atom stereocenters. The molecule has 2 unspecified atom stereocenters. The monoisotopic (exact) mass is 242 g/mol. The lowest BCUT2D eigenvalue weighted by Crippen LogP contribution is -2.52. The topological polar surface area (TPSA) is 44.8 Å². The molecule has 2 aliphatic carbocycles. The van der Waals surface area contributed by atoms with Crippen molar-refractivity contribution in [3.05, 3.63) is 0 Å². The van der Waals surface area contributed by atoms with Crippen LogP contribution in [0.25, 0.3) is 0 Å². The molecule has 2 aliphatic rings. The summed E-state index contributed by atoms with van der Waals surface area (Å²) in [4.78, 5) is 11.4. The Bertz CT molecular complexity index is 248. The van der Waals surface area contributed by atoms with E-state index in [1.807, 2.05) is 0 Å². The number of hydrogen-bond acceptors (Lipinski definition) is 4. The third-order valence-electron chi connectivity index (χ3n) is 3.56. The Morgan fingerprint density at radius 2 is 1.94 bits per heavy atom. The zero-order valence-corrected chi connectivity index (χ0v) is 10.5. The second kappa shape index (κ2) is 6.47. The molecule has 0 heterocycles. The average molecular weight is 242 g/mol. The summed E-state index contributed by atoms with van der Waals surface area (Å²) in [6.45, 7) is 0.997. The fourth-order valence-corrected chi connectivity index (χ4v) is 2.49. The van der Waals surface area contributed by atoms with Gasteiger partial charge in [-0.05, 0) is 12.8 Å². The van der Waals surface area contributed by atoms with Crippen LogP contribution in [0.2, 0.25) is 0 Å². The van der Waals surface area contributed by atoms with Gasteiger partial charge in [-0.25, -0.2) is 0 Å². The molecule has 98 valence electrons. The van der Waals surface area contributed by atoms with Crippen LogP contribution in [0.15, 0.2) is 0 Å². The molecule has 0 amide bonds. The van der Waals surface area contributed by atoms with Gasteiger partial charge in [-0.15, -0.1) is 0 Å². The highest BCUT2D eigenvalue weighted by atomic mass is 16.6. The van der Waals surface area contributed by atoms with E-state index in [1.54, 1.807) is 7.11 Å². The molecular formula is C13H22O4. The molecule has 0 saturated heterocycles. The summed E-state index contributed by atoms with van der Waals surface area (Å²) in [6, 6.07) is 0. The van der Waals surface area contributed by atoms with E-state index in [0.717, 1.165) is 12.8 Å². The Balaban J connectivity index is 1.70. The van der Waals surface area contributed by atoms with Gasteiger partial charge in [0.05, 0.1) is 25.4 Å². The molecule has 0 N–H and O–H groups in total. The first-order valence-corrected chi connectivity index (χ1v) is 6.60. The van der Waals surface area contributed by atoms with Crippen molar-refractivity contribution < 1.29 is 19.0 Å². The maximum atomic E-state index is 11.4. The number of ketones is 1. The third-order valence-corrected chi connectivity index (χ3v) is 3.56.